The monoisotopic (exact) mass is 882 g/mol. The summed E-state index contributed by atoms with van der Waals surface area (Å²) in [4.78, 5) is 9.80. The predicted molar refractivity (Wildman–Crippen MR) is 248 cm³/mol. The van der Waals surface area contributed by atoms with Crippen LogP contribution in [-0.2, 0) is 6.42 Å². The second kappa shape index (κ2) is 16.2. The Morgan fingerprint density at radius 1 is 0.639 bits per heavy atom. The molecule has 0 amide bonds. The molecule has 7 aromatic rings. The summed E-state index contributed by atoms with van der Waals surface area (Å²) in [5.74, 6) is 2.42. The third kappa shape index (κ3) is 8.40. The van der Waals surface area contributed by atoms with Crippen molar-refractivity contribution in [2.24, 2.45) is 5.41 Å². The summed E-state index contributed by atoms with van der Waals surface area (Å²) >= 11 is -0.216. The number of alkyl halides is 3. The van der Waals surface area contributed by atoms with E-state index in [4.69, 9.17) is 14.7 Å². The number of hydrogen-bond acceptors (Lipinski definition) is 3. The molecular weight excluding hydrogens is 829 g/mol. The average Bonchev–Trinajstić information content (AvgIpc) is 3.19. The van der Waals surface area contributed by atoms with Crippen molar-refractivity contribution < 1.29 is 17.9 Å². The van der Waals surface area contributed by atoms with Crippen molar-refractivity contribution in [1.29, 1.82) is 0 Å². The van der Waals surface area contributed by atoms with Crippen molar-refractivity contribution in [1.82, 2.24) is 9.97 Å². The maximum absolute atomic E-state index is 14.1. The first kappa shape index (κ1) is 42.5. The molecule has 312 valence electrons. The summed E-state index contributed by atoms with van der Waals surface area (Å²) in [5.41, 5.74) is 13.2. The fourth-order valence-electron chi connectivity index (χ4n) is 8.56. The number of aromatic nitrogens is 2. The van der Waals surface area contributed by atoms with Gasteiger partial charge >= 0.3 is 301 Å². The molecule has 2 aromatic heterocycles. The van der Waals surface area contributed by atoms with E-state index in [-0.39, 0.29) is 21.4 Å². The minimum absolute atomic E-state index is 0.0885. The Morgan fingerprint density at radius 2 is 1.31 bits per heavy atom. The van der Waals surface area contributed by atoms with Crippen molar-refractivity contribution >= 4 is 34.7 Å². The summed E-state index contributed by atoms with van der Waals surface area (Å²) in [6, 6.07) is 33.8. The zero-order valence-corrected chi connectivity index (χ0v) is 38.4. The molecule has 61 heavy (non-hydrogen) atoms. The number of ether oxygens (including phenoxy) is 1. The quantitative estimate of drug-likeness (QED) is 0.128. The van der Waals surface area contributed by atoms with E-state index in [0.717, 1.165) is 70.0 Å². The van der Waals surface area contributed by atoms with Gasteiger partial charge in [-0.1, -0.05) is 41.5 Å². The fourth-order valence-corrected chi connectivity index (χ4v) is 11.3. The first-order valence-electron chi connectivity index (χ1n) is 21.2. The number of pyridine rings is 2. The van der Waals surface area contributed by atoms with Crippen LogP contribution in [0, 0.1) is 19.3 Å². The van der Waals surface area contributed by atoms with E-state index in [1.807, 2.05) is 42.7 Å². The molecule has 5 aromatic carbocycles. The molecule has 0 spiro atoms. The van der Waals surface area contributed by atoms with Crippen LogP contribution in [0.5, 0.6) is 11.5 Å². The Kier molecular flexibility index (Phi) is 11.3. The van der Waals surface area contributed by atoms with Gasteiger partial charge in [0.15, 0.2) is 0 Å². The number of rotatable bonds is 10. The van der Waals surface area contributed by atoms with E-state index in [2.05, 4.69) is 122 Å². The third-order valence-electron chi connectivity index (χ3n) is 11.9. The van der Waals surface area contributed by atoms with Gasteiger partial charge in [0.25, 0.3) is 0 Å². The zero-order valence-electron chi connectivity index (χ0n) is 36.7. The van der Waals surface area contributed by atoms with E-state index in [1.165, 1.54) is 36.1 Å². The normalized spacial score (nSPS) is 12.8. The van der Waals surface area contributed by atoms with Crippen molar-refractivity contribution in [3.05, 3.63) is 143 Å². The van der Waals surface area contributed by atoms with Gasteiger partial charge in [-0.25, -0.2) is 0 Å². The number of nitrogens with zero attached hydrogens (tertiary/aromatic N) is 2. The van der Waals surface area contributed by atoms with Crippen LogP contribution in [-0.4, -0.2) is 31.1 Å². The van der Waals surface area contributed by atoms with E-state index in [9.17, 15) is 13.2 Å². The number of hydrogen-bond donors (Lipinski definition) is 0. The van der Waals surface area contributed by atoms with Crippen molar-refractivity contribution in [3.63, 3.8) is 0 Å². The molecule has 0 unspecified atom stereocenters. The molecule has 0 saturated carbocycles. The molecule has 0 fully saturated rings. The van der Waals surface area contributed by atoms with Gasteiger partial charge in [-0.05, 0) is 24.5 Å². The van der Waals surface area contributed by atoms with E-state index in [1.54, 1.807) is 0 Å². The predicted octanol–water partition coefficient (Wildman–Crippen LogP) is 14.2. The molecule has 0 atom stereocenters. The van der Waals surface area contributed by atoms with Gasteiger partial charge in [-0.3, -0.25) is 0 Å². The van der Waals surface area contributed by atoms with E-state index in [0.29, 0.717) is 34.8 Å². The van der Waals surface area contributed by atoms with Crippen LogP contribution in [0.25, 0.3) is 55.5 Å². The summed E-state index contributed by atoms with van der Waals surface area (Å²) in [5, 5.41) is 2.09. The Bertz CT molecular complexity index is 2790. The van der Waals surface area contributed by atoms with Gasteiger partial charge in [0.05, 0.1) is 0 Å². The molecule has 1 aliphatic rings. The first-order chi connectivity index (χ1) is 28.9. The molecule has 8 rings (SSSR count). The second-order valence-electron chi connectivity index (χ2n) is 18.3. The molecule has 0 radical (unpaired) electrons. The number of benzene rings is 5. The Hall–Kier alpha value is -5.23. The van der Waals surface area contributed by atoms with Crippen molar-refractivity contribution in [2.75, 3.05) is 0 Å². The van der Waals surface area contributed by atoms with E-state index >= 15 is 0 Å². The molecule has 1 aliphatic heterocycles. The van der Waals surface area contributed by atoms with Crippen LogP contribution in [0.2, 0.25) is 0 Å². The van der Waals surface area contributed by atoms with Gasteiger partial charge in [-0.15, -0.1) is 0 Å². The van der Waals surface area contributed by atoms with Gasteiger partial charge in [0.2, 0.25) is 0 Å². The summed E-state index contributed by atoms with van der Waals surface area (Å²) < 4.78 is 51.3. The molecule has 3 heterocycles. The minimum atomic E-state index is -4.31. The topological polar surface area (TPSA) is 35.0 Å². The Balaban J connectivity index is 1.23. The van der Waals surface area contributed by atoms with Crippen LogP contribution in [0.3, 0.4) is 0 Å². The Morgan fingerprint density at radius 3 is 1.98 bits per heavy atom. The second-order valence-corrected chi connectivity index (χ2v) is 20.5. The van der Waals surface area contributed by atoms with E-state index < -0.39 is 11.6 Å². The van der Waals surface area contributed by atoms with Crippen LogP contribution in [0.15, 0.2) is 109 Å². The van der Waals surface area contributed by atoms with Gasteiger partial charge < -0.3 is 0 Å². The Labute approximate surface area is 365 Å². The van der Waals surface area contributed by atoms with Gasteiger partial charge in [0, 0.05) is 0 Å². The SMILES string of the molecule is Cc1cc(Oc2cc(-c3cc(C)ccn3)cc(-c3c(C(C)C)cc(C(C)C)cc3C(C)C)c2)cc(-c2nccc3c2[Se]c2cc(CC(C)(C)C(F)(F)F)cc4cccc-3c24)c1. The fraction of sp³-hybridized carbons (Fsp3) is 0.296. The van der Waals surface area contributed by atoms with Crippen molar-refractivity contribution in [3.8, 4) is 56.3 Å². The van der Waals surface area contributed by atoms with Crippen LogP contribution >= 0.6 is 0 Å². The molecule has 0 saturated heterocycles. The maximum atomic E-state index is 14.1. The number of halogens is 3. The van der Waals surface area contributed by atoms with Crippen LogP contribution in [0.4, 0.5) is 13.2 Å². The molecule has 0 bridgehead atoms. The standard InChI is InChI=1S/C54H53F3N2OSe/c1-30(2)37-27-45(31(3)4)49(46(28-37)32(5)6)39-23-38(47-20-33(7)14-16-58-47)24-42(25-39)60-41-19-34(8)18-40(26-41)51-52-44(15-17-59-51)43-13-11-12-36-21-35(22-48(61-52)50(36)43)29-53(9,10)54(55,56)57/h11-28,30-32H,29H2,1-10H3. The van der Waals surface area contributed by atoms with Gasteiger partial charge in [-0.2, -0.15) is 0 Å². The molecule has 7 heteroatoms. The number of fused-ring (bicyclic) bond motifs is 2. The molecular formula is C54H53F3N2OSe. The average molecular weight is 882 g/mol. The summed E-state index contributed by atoms with van der Waals surface area (Å²) in [6.45, 7) is 20.3. The summed E-state index contributed by atoms with van der Waals surface area (Å²) in [7, 11) is 0. The summed E-state index contributed by atoms with van der Waals surface area (Å²) in [6.07, 6.45) is -0.673. The molecule has 0 aliphatic carbocycles. The number of aryl methyl sites for hydroxylation is 2. The molecule has 3 nitrogen and oxygen atoms in total. The van der Waals surface area contributed by atoms with Crippen LogP contribution < -0.4 is 13.7 Å². The van der Waals surface area contributed by atoms with Gasteiger partial charge in [0.1, 0.15) is 0 Å². The zero-order chi connectivity index (χ0) is 43.5. The first-order valence-corrected chi connectivity index (χ1v) is 22.9. The third-order valence-corrected chi connectivity index (χ3v) is 14.4. The van der Waals surface area contributed by atoms with Crippen molar-refractivity contribution in [2.45, 2.75) is 99.6 Å². The van der Waals surface area contributed by atoms with Crippen LogP contribution in [0.1, 0.15) is 107 Å². The molecule has 0 N–H and O–H groups in total.